The molecule has 0 aliphatic carbocycles. The van der Waals surface area contributed by atoms with Crippen molar-refractivity contribution >= 4 is 17.9 Å². The molecule has 130 valence electrons. The van der Waals surface area contributed by atoms with Gasteiger partial charge in [-0.1, -0.05) is 18.2 Å². The fourth-order valence-corrected chi connectivity index (χ4v) is 2.91. The molecule has 6 nitrogen and oxygen atoms in total. The van der Waals surface area contributed by atoms with Gasteiger partial charge in [0.25, 0.3) is 0 Å². The van der Waals surface area contributed by atoms with Crippen LogP contribution in [0.25, 0.3) is 17.3 Å². The Morgan fingerprint density at radius 1 is 1.32 bits per heavy atom. The van der Waals surface area contributed by atoms with E-state index < -0.39 is 5.97 Å². The summed E-state index contributed by atoms with van der Waals surface area (Å²) in [6, 6.07) is 8.02. The van der Waals surface area contributed by atoms with Crippen LogP contribution in [0.5, 0.6) is 0 Å². The highest BCUT2D eigenvalue weighted by Gasteiger charge is 2.16. The molecule has 2 heterocycles. The summed E-state index contributed by atoms with van der Waals surface area (Å²) < 4.78 is 0. The molecule has 0 bridgehead atoms. The largest absolute Gasteiger partial charge is 0.478 e. The maximum atomic E-state index is 10.7. The lowest BCUT2D eigenvalue weighted by Gasteiger charge is -2.29. The van der Waals surface area contributed by atoms with Crippen LogP contribution in [0.3, 0.4) is 0 Å². The van der Waals surface area contributed by atoms with Crippen molar-refractivity contribution in [3.05, 3.63) is 48.3 Å². The highest BCUT2D eigenvalue weighted by Crippen LogP contribution is 2.21. The van der Waals surface area contributed by atoms with Gasteiger partial charge in [0, 0.05) is 17.7 Å². The van der Waals surface area contributed by atoms with Crippen molar-refractivity contribution in [3.63, 3.8) is 0 Å². The molecule has 0 saturated carbocycles. The van der Waals surface area contributed by atoms with Gasteiger partial charge < -0.3 is 15.3 Å². The molecule has 2 aromatic rings. The lowest BCUT2D eigenvalue weighted by Crippen LogP contribution is -2.36. The van der Waals surface area contributed by atoms with Gasteiger partial charge in [-0.3, -0.25) is 4.98 Å². The van der Waals surface area contributed by atoms with E-state index >= 15 is 0 Å². The molecule has 1 aromatic heterocycles. The molecule has 1 aliphatic rings. The number of anilines is 1. The number of aliphatic carboxylic acids is 1. The van der Waals surface area contributed by atoms with Gasteiger partial charge in [0.05, 0.1) is 18.1 Å². The van der Waals surface area contributed by atoms with Crippen LogP contribution in [0.2, 0.25) is 0 Å². The molecule has 25 heavy (non-hydrogen) atoms. The zero-order chi connectivity index (χ0) is 17.6. The van der Waals surface area contributed by atoms with Crippen LogP contribution < -0.4 is 5.32 Å². The first-order chi connectivity index (χ1) is 12.1. The number of carboxylic acid groups (broad SMARTS) is 1. The van der Waals surface area contributed by atoms with Crippen molar-refractivity contribution in [1.29, 1.82) is 0 Å². The second kappa shape index (κ2) is 7.90. The molecule has 1 aromatic carbocycles. The van der Waals surface area contributed by atoms with Crippen LogP contribution in [0.15, 0.2) is 42.7 Å². The first-order valence-corrected chi connectivity index (χ1v) is 8.39. The molecule has 3 rings (SSSR count). The van der Waals surface area contributed by atoms with Gasteiger partial charge in [-0.25, -0.2) is 9.78 Å². The summed E-state index contributed by atoms with van der Waals surface area (Å²) in [5.74, 6) is -0.187. The topological polar surface area (TPSA) is 78.4 Å². The molecule has 0 unspecified atom stereocenters. The number of benzene rings is 1. The number of hydrogen-bond acceptors (Lipinski definition) is 5. The Labute approximate surface area is 147 Å². The van der Waals surface area contributed by atoms with Crippen LogP contribution in [-0.4, -0.2) is 52.1 Å². The Kier molecular flexibility index (Phi) is 5.40. The number of carbonyl (C=O) groups is 1. The minimum absolute atomic E-state index is 0.422. The first kappa shape index (κ1) is 17.1. The monoisotopic (exact) mass is 338 g/mol. The summed E-state index contributed by atoms with van der Waals surface area (Å²) in [5, 5.41) is 12.2. The van der Waals surface area contributed by atoms with Gasteiger partial charge in [0.1, 0.15) is 5.82 Å². The molecular weight excluding hydrogens is 316 g/mol. The standard InChI is InChI=1S/C19H22N4O2/c1-23-9-7-16(8-10-23)21-18-13-20-12-17(22-18)15-4-2-3-14(11-15)5-6-19(24)25/h2-6,11-13,16H,7-10H2,1H3,(H,21,22)(H,24,25)/b6-5+. The van der Waals surface area contributed by atoms with Crippen LogP contribution >= 0.6 is 0 Å². The van der Waals surface area contributed by atoms with E-state index in [0.717, 1.165) is 54.6 Å². The summed E-state index contributed by atoms with van der Waals surface area (Å²) in [5.41, 5.74) is 2.49. The smallest absolute Gasteiger partial charge is 0.328 e. The normalized spacial score (nSPS) is 16.2. The predicted molar refractivity (Wildman–Crippen MR) is 98.3 cm³/mol. The summed E-state index contributed by atoms with van der Waals surface area (Å²) in [7, 11) is 2.14. The number of aromatic nitrogens is 2. The van der Waals surface area contributed by atoms with Gasteiger partial charge in [-0.2, -0.15) is 0 Å². The number of carboxylic acids is 1. The Bertz CT molecular complexity index is 768. The first-order valence-electron chi connectivity index (χ1n) is 8.39. The molecular formula is C19H22N4O2. The molecule has 2 N–H and O–H groups in total. The van der Waals surface area contributed by atoms with Crippen LogP contribution in [0.4, 0.5) is 5.82 Å². The molecule has 0 amide bonds. The molecule has 0 spiro atoms. The van der Waals surface area contributed by atoms with Gasteiger partial charge in [-0.05, 0) is 50.7 Å². The average Bonchev–Trinajstić information content (AvgIpc) is 2.62. The summed E-state index contributed by atoms with van der Waals surface area (Å²) in [4.78, 5) is 22.0. The average molecular weight is 338 g/mol. The SMILES string of the molecule is CN1CCC(Nc2cncc(-c3cccc(/C=C/C(=O)O)c3)n2)CC1. The van der Waals surface area contributed by atoms with E-state index in [4.69, 9.17) is 5.11 Å². The van der Waals surface area contributed by atoms with Gasteiger partial charge in [0.15, 0.2) is 0 Å². The number of rotatable bonds is 5. The fourth-order valence-electron chi connectivity index (χ4n) is 2.91. The quantitative estimate of drug-likeness (QED) is 0.816. The predicted octanol–water partition coefficient (Wildman–Crippen LogP) is 2.75. The number of nitrogens with zero attached hydrogens (tertiary/aromatic N) is 3. The lowest BCUT2D eigenvalue weighted by atomic mass is 10.1. The zero-order valence-corrected chi connectivity index (χ0v) is 14.2. The third-order valence-corrected chi connectivity index (χ3v) is 4.31. The minimum atomic E-state index is -0.963. The molecule has 6 heteroatoms. The van der Waals surface area contributed by atoms with Gasteiger partial charge >= 0.3 is 5.97 Å². The van der Waals surface area contributed by atoms with Crippen molar-refractivity contribution in [1.82, 2.24) is 14.9 Å². The van der Waals surface area contributed by atoms with E-state index in [2.05, 4.69) is 27.2 Å². The fraction of sp³-hybridized carbons (Fsp3) is 0.316. The maximum Gasteiger partial charge on any atom is 0.328 e. The van der Waals surface area contributed by atoms with Crippen molar-refractivity contribution < 1.29 is 9.90 Å². The summed E-state index contributed by atoms with van der Waals surface area (Å²) >= 11 is 0. The minimum Gasteiger partial charge on any atom is -0.478 e. The number of piperidine rings is 1. The van der Waals surface area contributed by atoms with E-state index in [1.807, 2.05) is 24.3 Å². The second-order valence-electron chi connectivity index (χ2n) is 6.31. The molecule has 1 saturated heterocycles. The molecule has 0 atom stereocenters. The number of likely N-dealkylation sites (tertiary alicyclic amines) is 1. The van der Waals surface area contributed by atoms with E-state index in [1.54, 1.807) is 18.5 Å². The van der Waals surface area contributed by atoms with Gasteiger partial charge in [0.2, 0.25) is 0 Å². The van der Waals surface area contributed by atoms with E-state index in [1.165, 1.54) is 0 Å². The molecule has 1 fully saturated rings. The molecule has 1 aliphatic heterocycles. The van der Waals surface area contributed by atoms with Gasteiger partial charge in [-0.15, -0.1) is 0 Å². The van der Waals surface area contributed by atoms with Crippen LogP contribution in [-0.2, 0) is 4.79 Å². The van der Waals surface area contributed by atoms with Crippen molar-refractivity contribution in [2.45, 2.75) is 18.9 Å². The zero-order valence-electron chi connectivity index (χ0n) is 14.2. The van der Waals surface area contributed by atoms with E-state index in [-0.39, 0.29) is 0 Å². The maximum absolute atomic E-state index is 10.7. The van der Waals surface area contributed by atoms with Crippen molar-refractivity contribution in [2.75, 3.05) is 25.5 Å². The van der Waals surface area contributed by atoms with E-state index in [0.29, 0.717) is 6.04 Å². The number of nitrogens with one attached hydrogen (secondary N) is 1. The summed E-state index contributed by atoms with van der Waals surface area (Å²) in [6.45, 7) is 2.17. The highest BCUT2D eigenvalue weighted by molar-refractivity contribution is 5.85. The third kappa shape index (κ3) is 4.87. The summed E-state index contributed by atoms with van der Waals surface area (Å²) in [6.07, 6.45) is 8.36. The Balaban J connectivity index is 1.75. The van der Waals surface area contributed by atoms with Crippen LogP contribution in [0.1, 0.15) is 18.4 Å². The lowest BCUT2D eigenvalue weighted by molar-refractivity contribution is -0.131. The Morgan fingerprint density at radius 2 is 2.12 bits per heavy atom. The number of hydrogen-bond donors (Lipinski definition) is 2. The third-order valence-electron chi connectivity index (χ3n) is 4.31. The molecule has 0 radical (unpaired) electrons. The highest BCUT2D eigenvalue weighted by atomic mass is 16.4. The Hall–Kier alpha value is -2.73. The second-order valence-corrected chi connectivity index (χ2v) is 6.31. The van der Waals surface area contributed by atoms with Crippen LogP contribution in [0, 0.1) is 0 Å². The van der Waals surface area contributed by atoms with Crippen molar-refractivity contribution in [3.8, 4) is 11.3 Å². The Morgan fingerprint density at radius 3 is 2.88 bits per heavy atom. The van der Waals surface area contributed by atoms with E-state index in [9.17, 15) is 4.79 Å². The van der Waals surface area contributed by atoms with Crippen molar-refractivity contribution in [2.24, 2.45) is 0 Å².